The van der Waals surface area contributed by atoms with Gasteiger partial charge in [-0.2, -0.15) is 0 Å². The third-order valence-corrected chi connectivity index (χ3v) is 3.00. The molecule has 3 rings (SSSR count). The topological polar surface area (TPSA) is 30.7 Å². The summed E-state index contributed by atoms with van der Waals surface area (Å²) in [6.07, 6.45) is 1.76. The van der Waals surface area contributed by atoms with Gasteiger partial charge in [0.15, 0.2) is 5.65 Å². The van der Waals surface area contributed by atoms with Crippen LogP contribution in [0.25, 0.3) is 16.9 Å². The van der Waals surface area contributed by atoms with Crippen molar-refractivity contribution in [3.05, 3.63) is 53.4 Å². The van der Waals surface area contributed by atoms with Gasteiger partial charge in [0.2, 0.25) is 0 Å². The van der Waals surface area contributed by atoms with Crippen LogP contribution in [-0.4, -0.2) is 14.5 Å². The molecule has 2 aromatic heterocycles. The van der Waals surface area contributed by atoms with Crippen LogP contribution in [0.5, 0.6) is 0 Å². The molecule has 0 atom stereocenters. The maximum absolute atomic E-state index is 6.21. The van der Waals surface area contributed by atoms with Crippen LogP contribution in [0.1, 0.15) is 5.82 Å². The molecule has 1 aromatic carbocycles. The molecular weight excluding hydrogens is 234 g/mol. The van der Waals surface area contributed by atoms with Crippen molar-refractivity contribution < 1.29 is 0 Å². The number of benzene rings is 1. The van der Waals surface area contributed by atoms with Crippen LogP contribution in [0, 0.1) is 6.92 Å². The van der Waals surface area contributed by atoms with Gasteiger partial charge in [-0.15, -0.1) is 0 Å². The number of hydrogen-bond acceptors (Lipinski definition) is 2. The van der Waals surface area contributed by atoms with E-state index in [-0.39, 0.29) is 0 Å². The van der Waals surface area contributed by atoms with E-state index in [1.165, 1.54) is 0 Å². The quantitative estimate of drug-likeness (QED) is 0.656. The Morgan fingerprint density at radius 1 is 1.12 bits per heavy atom. The summed E-state index contributed by atoms with van der Waals surface area (Å²) < 4.78 is 1.97. The van der Waals surface area contributed by atoms with Crippen LogP contribution in [-0.2, 0) is 0 Å². The summed E-state index contributed by atoms with van der Waals surface area (Å²) in [4.78, 5) is 8.83. The van der Waals surface area contributed by atoms with Gasteiger partial charge in [-0.1, -0.05) is 23.7 Å². The lowest BCUT2D eigenvalue weighted by molar-refractivity contribution is 0.987. The Balaban J connectivity index is 2.38. The molecular formula is C13H10ClN3. The van der Waals surface area contributed by atoms with Gasteiger partial charge in [0, 0.05) is 6.20 Å². The zero-order valence-electron chi connectivity index (χ0n) is 9.26. The third-order valence-electron chi connectivity index (χ3n) is 2.68. The van der Waals surface area contributed by atoms with Crippen LogP contribution < -0.4 is 0 Å². The van der Waals surface area contributed by atoms with Gasteiger partial charge in [0.05, 0.1) is 10.7 Å². The van der Waals surface area contributed by atoms with Crippen LogP contribution in [0.3, 0.4) is 0 Å². The largest absolute Gasteiger partial charge is 0.279 e. The Hall–Kier alpha value is -1.87. The summed E-state index contributed by atoms with van der Waals surface area (Å²) >= 11 is 6.21. The number of imidazole rings is 1. The minimum Gasteiger partial charge on any atom is -0.279 e. The first-order valence-corrected chi connectivity index (χ1v) is 5.70. The highest BCUT2D eigenvalue weighted by Gasteiger charge is 2.11. The second-order valence-corrected chi connectivity index (χ2v) is 4.20. The second kappa shape index (κ2) is 3.86. The Morgan fingerprint density at radius 3 is 2.76 bits per heavy atom. The predicted octanol–water partition coefficient (Wildman–Crippen LogP) is 3.38. The minimum atomic E-state index is 0.695. The lowest BCUT2D eigenvalue weighted by Crippen LogP contribution is -1.98. The van der Waals surface area contributed by atoms with Crippen molar-refractivity contribution >= 4 is 22.8 Å². The van der Waals surface area contributed by atoms with Gasteiger partial charge >= 0.3 is 0 Å². The van der Waals surface area contributed by atoms with Crippen molar-refractivity contribution in [2.45, 2.75) is 6.92 Å². The SMILES string of the molecule is Cc1nc2cccnc2n1-c1ccccc1Cl. The molecule has 0 unspecified atom stereocenters. The molecule has 0 N–H and O–H groups in total. The molecule has 0 amide bonds. The van der Waals surface area contributed by atoms with Gasteiger partial charge in [0.25, 0.3) is 0 Å². The number of para-hydroxylation sites is 1. The van der Waals surface area contributed by atoms with E-state index in [4.69, 9.17) is 11.6 Å². The summed E-state index contributed by atoms with van der Waals surface area (Å²) in [5.41, 5.74) is 2.62. The molecule has 84 valence electrons. The Morgan fingerprint density at radius 2 is 1.94 bits per heavy atom. The van der Waals surface area contributed by atoms with Gasteiger partial charge < -0.3 is 0 Å². The molecule has 3 nitrogen and oxygen atoms in total. The highest BCUT2D eigenvalue weighted by molar-refractivity contribution is 6.32. The van der Waals surface area contributed by atoms with Crippen LogP contribution in [0.2, 0.25) is 5.02 Å². The average Bonchev–Trinajstić information content (AvgIpc) is 2.66. The minimum absolute atomic E-state index is 0.695. The van der Waals surface area contributed by atoms with E-state index in [2.05, 4.69) is 9.97 Å². The van der Waals surface area contributed by atoms with E-state index < -0.39 is 0 Å². The fraction of sp³-hybridized carbons (Fsp3) is 0.0769. The van der Waals surface area contributed by atoms with E-state index in [9.17, 15) is 0 Å². The average molecular weight is 244 g/mol. The molecule has 0 aliphatic rings. The third kappa shape index (κ3) is 1.59. The van der Waals surface area contributed by atoms with Crippen molar-refractivity contribution in [1.29, 1.82) is 0 Å². The maximum Gasteiger partial charge on any atom is 0.164 e. The number of rotatable bonds is 1. The van der Waals surface area contributed by atoms with E-state index in [0.29, 0.717) is 5.02 Å². The van der Waals surface area contributed by atoms with Gasteiger partial charge in [-0.05, 0) is 31.2 Å². The number of nitrogens with zero attached hydrogens (tertiary/aromatic N) is 3. The van der Waals surface area contributed by atoms with Crippen molar-refractivity contribution in [3.63, 3.8) is 0 Å². The summed E-state index contributed by atoms with van der Waals surface area (Å²) in [5.74, 6) is 0.881. The van der Waals surface area contributed by atoms with Crippen molar-refractivity contribution in [3.8, 4) is 5.69 Å². The molecule has 4 heteroatoms. The summed E-state index contributed by atoms with van der Waals surface area (Å²) in [7, 11) is 0. The van der Waals surface area contributed by atoms with Crippen LogP contribution in [0.15, 0.2) is 42.6 Å². The van der Waals surface area contributed by atoms with Crippen molar-refractivity contribution in [1.82, 2.24) is 14.5 Å². The predicted molar refractivity (Wildman–Crippen MR) is 68.6 cm³/mol. The molecule has 0 radical (unpaired) electrons. The van der Waals surface area contributed by atoms with Crippen molar-refractivity contribution in [2.24, 2.45) is 0 Å². The Labute approximate surface area is 104 Å². The smallest absolute Gasteiger partial charge is 0.164 e. The second-order valence-electron chi connectivity index (χ2n) is 3.79. The molecule has 0 fully saturated rings. The first kappa shape index (κ1) is 10.3. The van der Waals surface area contributed by atoms with Crippen LogP contribution >= 0.6 is 11.6 Å². The van der Waals surface area contributed by atoms with Crippen LogP contribution in [0.4, 0.5) is 0 Å². The van der Waals surface area contributed by atoms with E-state index in [1.54, 1.807) is 6.20 Å². The highest BCUT2D eigenvalue weighted by atomic mass is 35.5. The fourth-order valence-corrected chi connectivity index (χ4v) is 2.17. The standard InChI is InChI=1S/C13H10ClN3/c1-9-16-11-6-4-8-15-13(11)17(9)12-7-3-2-5-10(12)14/h2-8H,1H3. The van der Waals surface area contributed by atoms with E-state index in [0.717, 1.165) is 22.7 Å². The normalized spacial score (nSPS) is 10.9. The molecule has 0 spiro atoms. The van der Waals surface area contributed by atoms with Crippen molar-refractivity contribution in [2.75, 3.05) is 0 Å². The number of fused-ring (bicyclic) bond motifs is 1. The lowest BCUT2D eigenvalue weighted by atomic mass is 10.3. The number of aryl methyl sites for hydroxylation is 1. The Kier molecular flexibility index (Phi) is 2.34. The number of halogens is 1. The Bertz CT molecular complexity index is 688. The maximum atomic E-state index is 6.21. The molecule has 0 aliphatic carbocycles. The van der Waals surface area contributed by atoms with Gasteiger partial charge in [-0.25, -0.2) is 9.97 Å². The van der Waals surface area contributed by atoms with Gasteiger partial charge in [0.1, 0.15) is 11.3 Å². The highest BCUT2D eigenvalue weighted by Crippen LogP contribution is 2.25. The molecule has 2 heterocycles. The fourth-order valence-electron chi connectivity index (χ4n) is 1.95. The molecule has 17 heavy (non-hydrogen) atoms. The lowest BCUT2D eigenvalue weighted by Gasteiger charge is -2.07. The number of hydrogen-bond donors (Lipinski definition) is 0. The molecule has 0 saturated heterocycles. The molecule has 3 aromatic rings. The molecule has 0 bridgehead atoms. The number of pyridine rings is 1. The number of aromatic nitrogens is 3. The zero-order valence-corrected chi connectivity index (χ0v) is 10.0. The van der Waals surface area contributed by atoms with E-state index in [1.807, 2.05) is 47.9 Å². The molecule has 0 saturated carbocycles. The summed E-state index contributed by atoms with van der Waals surface area (Å²) in [5, 5.41) is 0.695. The molecule has 0 aliphatic heterocycles. The van der Waals surface area contributed by atoms with Gasteiger partial charge in [-0.3, -0.25) is 4.57 Å². The first-order chi connectivity index (χ1) is 8.27. The first-order valence-electron chi connectivity index (χ1n) is 5.32. The zero-order chi connectivity index (χ0) is 11.8. The summed E-state index contributed by atoms with van der Waals surface area (Å²) in [6, 6.07) is 11.5. The summed E-state index contributed by atoms with van der Waals surface area (Å²) in [6.45, 7) is 1.95. The van der Waals surface area contributed by atoms with E-state index >= 15 is 0 Å². The monoisotopic (exact) mass is 243 g/mol.